The van der Waals surface area contributed by atoms with Gasteiger partial charge in [-0.1, -0.05) is 41.9 Å². The van der Waals surface area contributed by atoms with Crippen molar-refractivity contribution in [3.8, 4) is 11.3 Å². The van der Waals surface area contributed by atoms with Crippen molar-refractivity contribution in [2.24, 2.45) is 5.92 Å². The van der Waals surface area contributed by atoms with Gasteiger partial charge in [-0.2, -0.15) is 0 Å². The number of carbonyl (C=O) groups excluding carboxylic acids is 1. The molecule has 0 saturated carbocycles. The summed E-state index contributed by atoms with van der Waals surface area (Å²) in [6.45, 7) is 1.53. The number of aromatic nitrogens is 2. The summed E-state index contributed by atoms with van der Waals surface area (Å²) in [7, 11) is 0. The molecule has 0 spiro atoms. The molecule has 2 heterocycles. The third-order valence-corrected chi connectivity index (χ3v) is 5.20. The number of rotatable bonds is 4. The first-order chi connectivity index (χ1) is 13.7. The van der Waals surface area contributed by atoms with Gasteiger partial charge in [0.2, 0.25) is 5.91 Å². The van der Waals surface area contributed by atoms with Gasteiger partial charge in [0.1, 0.15) is 12.1 Å². The topological polar surface area (TPSA) is 58.1 Å². The Bertz CT molecular complexity index is 946. The number of halogens is 1. The van der Waals surface area contributed by atoms with Gasteiger partial charge >= 0.3 is 0 Å². The zero-order valence-electron chi connectivity index (χ0n) is 15.4. The van der Waals surface area contributed by atoms with Crippen molar-refractivity contribution >= 4 is 29.0 Å². The molecule has 28 heavy (non-hydrogen) atoms. The molecule has 4 rings (SSSR count). The Kier molecular flexibility index (Phi) is 5.53. The lowest BCUT2D eigenvalue weighted by Crippen LogP contribution is -2.41. The van der Waals surface area contributed by atoms with Crippen LogP contribution in [-0.2, 0) is 4.79 Å². The molecule has 0 radical (unpaired) electrons. The highest BCUT2D eigenvalue weighted by Gasteiger charge is 2.27. The summed E-state index contributed by atoms with van der Waals surface area (Å²) in [5.41, 5.74) is 2.71. The molecule has 1 aliphatic rings. The summed E-state index contributed by atoms with van der Waals surface area (Å²) in [5, 5.41) is 3.64. The minimum atomic E-state index is -0.0837. The van der Waals surface area contributed by atoms with Crippen LogP contribution in [0.3, 0.4) is 0 Å². The minimum absolute atomic E-state index is 0.0318. The molecule has 1 atom stereocenters. The summed E-state index contributed by atoms with van der Waals surface area (Å²) in [6.07, 6.45) is 3.41. The molecular weight excluding hydrogens is 372 g/mol. The second-order valence-corrected chi connectivity index (χ2v) is 7.35. The van der Waals surface area contributed by atoms with E-state index in [0.29, 0.717) is 11.6 Å². The van der Waals surface area contributed by atoms with Crippen LogP contribution >= 0.6 is 11.6 Å². The van der Waals surface area contributed by atoms with Gasteiger partial charge < -0.3 is 10.2 Å². The first kappa shape index (κ1) is 18.4. The van der Waals surface area contributed by atoms with Crippen LogP contribution in [0.5, 0.6) is 0 Å². The SMILES string of the molecule is O=C(Nc1ccc(Cl)cc1)C1CCCN(c2cc(-c3ccccc3)ncn2)C1. The molecule has 2 aromatic carbocycles. The molecule has 6 heteroatoms. The van der Waals surface area contributed by atoms with Crippen molar-refractivity contribution in [3.63, 3.8) is 0 Å². The van der Waals surface area contributed by atoms with Crippen LogP contribution in [-0.4, -0.2) is 29.0 Å². The highest BCUT2D eigenvalue weighted by Crippen LogP contribution is 2.26. The quantitative estimate of drug-likeness (QED) is 0.702. The Morgan fingerprint density at radius 3 is 2.64 bits per heavy atom. The van der Waals surface area contributed by atoms with Crippen molar-refractivity contribution in [1.82, 2.24) is 9.97 Å². The number of hydrogen-bond acceptors (Lipinski definition) is 4. The molecule has 5 nitrogen and oxygen atoms in total. The molecule has 0 aliphatic carbocycles. The van der Waals surface area contributed by atoms with E-state index in [4.69, 9.17) is 11.6 Å². The summed E-state index contributed by atoms with van der Waals surface area (Å²) in [5.74, 6) is 0.807. The van der Waals surface area contributed by atoms with Crippen LogP contribution in [0.25, 0.3) is 11.3 Å². The Balaban J connectivity index is 1.46. The van der Waals surface area contributed by atoms with Crippen molar-refractivity contribution in [2.75, 3.05) is 23.3 Å². The summed E-state index contributed by atoms with van der Waals surface area (Å²) in [4.78, 5) is 23.7. The lowest BCUT2D eigenvalue weighted by Gasteiger charge is -2.33. The third kappa shape index (κ3) is 4.31. The maximum Gasteiger partial charge on any atom is 0.229 e. The van der Waals surface area contributed by atoms with Crippen LogP contribution in [0.4, 0.5) is 11.5 Å². The van der Waals surface area contributed by atoms with Gasteiger partial charge in [0.05, 0.1) is 11.6 Å². The van der Waals surface area contributed by atoms with E-state index in [2.05, 4.69) is 20.2 Å². The maximum absolute atomic E-state index is 12.7. The number of anilines is 2. The van der Waals surface area contributed by atoms with E-state index in [1.54, 1.807) is 18.5 Å². The summed E-state index contributed by atoms with van der Waals surface area (Å²) in [6, 6.07) is 19.2. The number of amides is 1. The summed E-state index contributed by atoms with van der Waals surface area (Å²) < 4.78 is 0. The molecule has 1 fully saturated rings. The molecule has 1 saturated heterocycles. The van der Waals surface area contributed by atoms with E-state index in [0.717, 1.165) is 42.1 Å². The first-order valence-electron chi connectivity index (χ1n) is 9.38. The first-order valence-corrected chi connectivity index (χ1v) is 9.76. The number of carbonyl (C=O) groups is 1. The predicted octanol–water partition coefficient (Wildman–Crippen LogP) is 4.65. The molecule has 142 valence electrons. The van der Waals surface area contributed by atoms with Gasteiger partial charge in [-0.3, -0.25) is 4.79 Å². The van der Waals surface area contributed by atoms with Crippen molar-refractivity contribution in [2.45, 2.75) is 12.8 Å². The Labute approximate surface area is 169 Å². The standard InChI is InChI=1S/C22H21ClN4O/c23-18-8-10-19(11-9-18)26-22(28)17-7-4-12-27(14-17)21-13-20(24-15-25-21)16-5-2-1-3-6-16/h1-3,5-6,8-11,13,15,17H,4,7,12,14H2,(H,26,28). The second kappa shape index (κ2) is 8.40. The Morgan fingerprint density at radius 1 is 1.07 bits per heavy atom. The van der Waals surface area contributed by atoms with Crippen LogP contribution < -0.4 is 10.2 Å². The largest absolute Gasteiger partial charge is 0.356 e. The van der Waals surface area contributed by atoms with Crippen LogP contribution in [0.15, 0.2) is 67.0 Å². The fourth-order valence-corrected chi connectivity index (χ4v) is 3.59. The van der Waals surface area contributed by atoms with E-state index < -0.39 is 0 Å². The van der Waals surface area contributed by atoms with Crippen LogP contribution in [0.1, 0.15) is 12.8 Å². The van der Waals surface area contributed by atoms with Gasteiger partial charge in [0, 0.05) is 35.4 Å². The fraction of sp³-hybridized carbons (Fsp3) is 0.227. The summed E-state index contributed by atoms with van der Waals surface area (Å²) >= 11 is 5.91. The molecule has 0 bridgehead atoms. The molecule has 1 amide bonds. The Hall–Kier alpha value is -2.92. The number of nitrogens with one attached hydrogen (secondary N) is 1. The minimum Gasteiger partial charge on any atom is -0.356 e. The van der Waals surface area contributed by atoms with E-state index in [9.17, 15) is 4.79 Å². The molecule has 1 aliphatic heterocycles. The van der Waals surface area contributed by atoms with Gasteiger partial charge in [0.15, 0.2) is 0 Å². The van der Waals surface area contributed by atoms with Crippen molar-refractivity contribution in [3.05, 3.63) is 72.0 Å². The number of nitrogens with zero attached hydrogens (tertiary/aromatic N) is 3. The lowest BCUT2D eigenvalue weighted by molar-refractivity contribution is -0.120. The smallest absolute Gasteiger partial charge is 0.229 e. The van der Waals surface area contributed by atoms with E-state index in [1.807, 2.05) is 48.5 Å². The molecule has 3 aromatic rings. The van der Waals surface area contributed by atoms with Crippen LogP contribution in [0, 0.1) is 5.92 Å². The number of hydrogen-bond donors (Lipinski definition) is 1. The molecule has 1 N–H and O–H groups in total. The average molecular weight is 393 g/mol. The lowest BCUT2D eigenvalue weighted by atomic mass is 9.97. The van der Waals surface area contributed by atoms with E-state index >= 15 is 0 Å². The fourth-order valence-electron chi connectivity index (χ4n) is 3.46. The van der Waals surface area contributed by atoms with Gasteiger partial charge in [-0.05, 0) is 37.1 Å². The zero-order chi connectivity index (χ0) is 19.3. The van der Waals surface area contributed by atoms with Crippen LogP contribution in [0.2, 0.25) is 5.02 Å². The zero-order valence-corrected chi connectivity index (χ0v) is 16.1. The van der Waals surface area contributed by atoms with Gasteiger partial charge in [-0.15, -0.1) is 0 Å². The second-order valence-electron chi connectivity index (χ2n) is 6.91. The van der Waals surface area contributed by atoms with E-state index in [-0.39, 0.29) is 11.8 Å². The van der Waals surface area contributed by atoms with E-state index in [1.165, 1.54) is 0 Å². The van der Waals surface area contributed by atoms with Gasteiger partial charge in [-0.25, -0.2) is 9.97 Å². The van der Waals surface area contributed by atoms with Crippen molar-refractivity contribution in [1.29, 1.82) is 0 Å². The number of benzene rings is 2. The van der Waals surface area contributed by atoms with Crippen molar-refractivity contribution < 1.29 is 4.79 Å². The normalized spacial score (nSPS) is 16.6. The average Bonchev–Trinajstić information content (AvgIpc) is 2.76. The molecule has 1 aromatic heterocycles. The predicted molar refractivity (Wildman–Crippen MR) is 112 cm³/mol. The Morgan fingerprint density at radius 2 is 1.86 bits per heavy atom. The molecular formula is C22H21ClN4O. The third-order valence-electron chi connectivity index (χ3n) is 4.95. The highest BCUT2D eigenvalue weighted by molar-refractivity contribution is 6.30. The monoisotopic (exact) mass is 392 g/mol. The maximum atomic E-state index is 12.7. The molecule has 1 unspecified atom stereocenters. The highest BCUT2D eigenvalue weighted by atomic mass is 35.5. The van der Waals surface area contributed by atoms with Gasteiger partial charge in [0.25, 0.3) is 0 Å². The number of piperidine rings is 1.